The molecule has 8 nitrogen and oxygen atoms in total. The van der Waals surface area contributed by atoms with Crippen LogP contribution in [0.1, 0.15) is 38.8 Å². The fraction of sp³-hybridized carbons (Fsp3) is 0.500. The third-order valence-electron chi connectivity index (χ3n) is 6.59. The van der Waals surface area contributed by atoms with Crippen LogP contribution in [0, 0.1) is 11.8 Å². The zero-order valence-corrected chi connectivity index (χ0v) is 17.4. The van der Waals surface area contributed by atoms with Crippen molar-refractivity contribution in [1.82, 2.24) is 25.7 Å². The topological polar surface area (TPSA) is 102 Å². The van der Waals surface area contributed by atoms with E-state index in [0.717, 1.165) is 42.5 Å². The first kappa shape index (κ1) is 19.3. The normalized spacial score (nSPS) is 26.7. The number of nitrogens with zero attached hydrogens (tertiary/aromatic N) is 2. The van der Waals surface area contributed by atoms with Crippen LogP contribution >= 0.6 is 0 Å². The summed E-state index contributed by atoms with van der Waals surface area (Å²) in [7, 11) is 0. The number of H-pyrrole nitrogens is 1. The molecule has 30 heavy (non-hydrogen) atoms. The summed E-state index contributed by atoms with van der Waals surface area (Å²) in [5.74, 6) is 0.712. The van der Waals surface area contributed by atoms with Gasteiger partial charge < -0.3 is 15.2 Å². The Balaban J connectivity index is 1.28. The predicted molar refractivity (Wildman–Crippen MR) is 115 cm³/mol. The van der Waals surface area contributed by atoms with Crippen LogP contribution in [0.15, 0.2) is 24.4 Å². The van der Waals surface area contributed by atoms with Crippen molar-refractivity contribution < 1.29 is 9.59 Å². The first-order valence-corrected chi connectivity index (χ1v) is 10.8. The van der Waals surface area contributed by atoms with Gasteiger partial charge in [0.1, 0.15) is 11.7 Å². The molecule has 8 heteroatoms. The minimum absolute atomic E-state index is 0.0633. The van der Waals surface area contributed by atoms with Crippen molar-refractivity contribution in [3.8, 4) is 0 Å². The van der Waals surface area contributed by atoms with Gasteiger partial charge in [-0.1, -0.05) is 13.0 Å². The summed E-state index contributed by atoms with van der Waals surface area (Å²) in [4.78, 5) is 34.7. The number of amides is 2. The maximum atomic E-state index is 12.6. The number of aromatic nitrogens is 2. The van der Waals surface area contributed by atoms with Gasteiger partial charge in [-0.2, -0.15) is 0 Å². The number of pyridine rings is 1. The summed E-state index contributed by atoms with van der Waals surface area (Å²) in [6, 6.07) is 3.99. The molecule has 3 atom stereocenters. The third kappa shape index (κ3) is 3.61. The average Bonchev–Trinajstić information content (AvgIpc) is 3.43. The molecule has 3 unspecified atom stereocenters. The lowest BCUT2D eigenvalue weighted by molar-refractivity contribution is -0.132. The molecule has 1 aliphatic carbocycles. The highest BCUT2D eigenvalue weighted by Gasteiger charge is 2.35. The van der Waals surface area contributed by atoms with E-state index >= 15 is 0 Å². The monoisotopic (exact) mass is 408 g/mol. The number of aromatic amines is 1. The summed E-state index contributed by atoms with van der Waals surface area (Å²) in [6.07, 6.45) is 6.75. The minimum atomic E-state index is -0.272. The van der Waals surface area contributed by atoms with Crippen molar-refractivity contribution in [2.75, 3.05) is 18.4 Å². The van der Waals surface area contributed by atoms with Gasteiger partial charge in [-0.05, 0) is 49.8 Å². The van der Waals surface area contributed by atoms with Crippen LogP contribution in [-0.4, -0.2) is 51.9 Å². The molecule has 1 saturated heterocycles. The lowest BCUT2D eigenvalue weighted by atomic mass is 9.97. The number of hydrogen-bond donors (Lipinski definition) is 4. The molecule has 4 heterocycles. The lowest BCUT2D eigenvalue weighted by Crippen LogP contribution is -2.41. The van der Waals surface area contributed by atoms with Crippen molar-refractivity contribution in [2.24, 2.45) is 11.8 Å². The van der Waals surface area contributed by atoms with E-state index in [0.29, 0.717) is 18.1 Å². The molecule has 1 saturated carbocycles. The van der Waals surface area contributed by atoms with Gasteiger partial charge in [-0.3, -0.25) is 15.0 Å². The Kier molecular flexibility index (Phi) is 4.83. The Morgan fingerprint density at radius 3 is 2.70 bits per heavy atom. The first-order valence-electron chi connectivity index (χ1n) is 10.8. The van der Waals surface area contributed by atoms with Gasteiger partial charge in [0.2, 0.25) is 11.8 Å². The largest absolute Gasteiger partial charge is 0.339 e. The molecule has 0 spiro atoms. The molecule has 0 radical (unpaired) electrons. The molecule has 158 valence electrons. The van der Waals surface area contributed by atoms with Crippen LogP contribution < -0.4 is 16.2 Å². The van der Waals surface area contributed by atoms with Gasteiger partial charge in [0.05, 0.1) is 11.9 Å². The fourth-order valence-corrected chi connectivity index (χ4v) is 4.26. The summed E-state index contributed by atoms with van der Waals surface area (Å²) in [5.41, 5.74) is 9.89. The fourth-order valence-electron chi connectivity index (χ4n) is 4.26. The van der Waals surface area contributed by atoms with E-state index in [1.165, 1.54) is 5.57 Å². The van der Waals surface area contributed by atoms with E-state index in [1.54, 1.807) is 6.20 Å². The average molecular weight is 409 g/mol. The van der Waals surface area contributed by atoms with Crippen molar-refractivity contribution in [2.45, 2.75) is 45.2 Å². The van der Waals surface area contributed by atoms with Crippen LogP contribution in [0.5, 0.6) is 0 Å². The quantitative estimate of drug-likeness (QED) is 0.620. The second kappa shape index (κ2) is 7.52. The SMILES string of the molecule is CC1NNC(C(=O)Nc2cnc3[nH]c(C4=CCN(C(=O)C5CC5)CC4)cc3c2)C1C. The van der Waals surface area contributed by atoms with Gasteiger partial charge in [0, 0.05) is 36.1 Å². The maximum Gasteiger partial charge on any atom is 0.243 e. The smallest absolute Gasteiger partial charge is 0.243 e. The molecule has 2 amide bonds. The maximum absolute atomic E-state index is 12.6. The summed E-state index contributed by atoms with van der Waals surface area (Å²) >= 11 is 0. The Labute approximate surface area is 175 Å². The minimum Gasteiger partial charge on any atom is -0.339 e. The summed E-state index contributed by atoms with van der Waals surface area (Å²) < 4.78 is 0. The van der Waals surface area contributed by atoms with Gasteiger partial charge in [-0.15, -0.1) is 0 Å². The highest BCUT2D eigenvalue weighted by molar-refractivity contribution is 5.97. The molecular weight excluding hydrogens is 380 g/mol. The van der Waals surface area contributed by atoms with Crippen LogP contribution in [0.4, 0.5) is 5.69 Å². The van der Waals surface area contributed by atoms with E-state index in [1.807, 2.05) is 11.0 Å². The van der Waals surface area contributed by atoms with E-state index in [-0.39, 0.29) is 29.8 Å². The number of hydrogen-bond acceptors (Lipinski definition) is 5. The Hall–Kier alpha value is -2.71. The zero-order valence-electron chi connectivity index (χ0n) is 17.4. The number of fused-ring (bicyclic) bond motifs is 1. The number of nitrogens with one attached hydrogen (secondary N) is 4. The highest BCUT2D eigenvalue weighted by atomic mass is 16.2. The Morgan fingerprint density at radius 2 is 2.03 bits per heavy atom. The number of rotatable bonds is 4. The number of carbonyl (C=O) groups excluding carboxylic acids is 2. The van der Waals surface area contributed by atoms with Crippen molar-refractivity contribution in [3.05, 3.63) is 30.1 Å². The van der Waals surface area contributed by atoms with Crippen LogP contribution in [0.3, 0.4) is 0 Å². The Bertz CT molecular complexity index is 1020. The standard InChI is InChI=1S/C22H28N6O2/c1-12-13(2)26-27-19(12)21(29)24-17-9-16-10-18(25-20(16)23-11-17)14-5-7-28(8-6-14)22(30)15-3-4-15/h5,9-13,15,19,26-27H,3-4,6-8H2,1-2H3,(H,23,25)(H,24,29). The molecule has 0 bridgehead atoms. The highest BCUT2D eigenvalue weighted by Crippen LogP contribution is 2.33. The third-order valence-corrected chi connectivity index (χ3v) is 6.59. The molecule has 5 rings (SSSR count). The van der Waals surface area contributed by atoms with Crippen molar-refractivity contribution in [1.29, 1.82) is 0 Å². The number of hydrazine groups is 1. The molecule has 2 aliphatic heterocycles. The molecule has 0 aromatic carbocycles. The molecule has 2 aromatic rings. The van der Waals surface area contributed by atoms with E-state index in [9.17, 15) is 9.59 Å². The molecule has 4 N–H and O–H groups in total. The van der Waals surface area contributed by atoms with Gasteiger partial charge in [-0.25, -0.2) is 10.4 Å². The summed E-state index contributed by atoms with van der Waals surface area (Å²) in [6.45, 7) is 5.55. The predicted octanol–water partition coefficient (Wildman–Crippen LogP) is 2.03. The second-order valence-electron chi connectivity index (χ2n) is 8.79. The van der Waals surface area contributed by atoms with Gasteiger partial charge in [0.25, 0.3) is 0 Å². The van der Waals surface area contributed by atoms with Crippen LogP contribution in [0.25, 0.3) is 16.6 Å². The second-order valence-corrected chi connectivity index (χ2v) is 8.79. The van der Waals surface area contributed by atoms with Crippen LogP contribution in [-0.2, 0) is 9.59 Å². The molecular formula is C22H28N6O2. The lowest BCUT2D eigenvalue weighted by Gasteiger charge is -2.26. The van der Waals surface area contributed by atoms with Crippen molar-refractivity contribution >= 4 is 34.1 Å². The van der Waals surface area contributed by atoms with E-state index in [4.69, 9.17) is 0 Å². The number of anilines is 1. The Morgan fingerprint density at radius 1 is 1.20 bits per heavy atom. The number of carbonyl (C=O) groups is 2. The van der Waals surface area contributed by atoms with E-state index in [2.05, 4.69) is 52.1 Å². The molecule has 2 aromatic heterocycles. The van der Waals surface area contributed by atoms with E-state index < -0.39 is 0 Å². The van der Waals surface area contributed by atoms with Gasteiger partial charge >= 0.3 is 0 Å². The first-order chi connectivity index (χ1) is 14.5. The zero-order chi connectivity index (χ0) is 20.8. The van der Waals surface area contributed by atoms with Gasteiger partial charge in [0.15, 0.2) is 0 Å². The molecule has 2 fully saturated rings. The summed E-state index contributed by atoms with van der Waals surface area (Å²) in [5, 5.41) is 3.93. The van der Waals surface area contributed by atoms with Crippen LogP contribution in [0.2, 0.25) is 0 Å². The van der Waals surface area contributed by atoms with Crippen molar-refractivity contribution in [3.63, 3.8) is 0 Å². The molecule has 3 aliphatic rings.